The van der Waals surface area contributed by atoms with E-state index >= 15 is 0 Å². The van der Waals surface area contributed by atoms with Crippen LogP contribution in [0.25, 0.3) is 0 Å². The third-order valence-corrected chi connectivity index (χ3v) is 8.63. The minimum Gasteiger partial charge on any atom is -0.369 e. The summed E-state index contributed by atoms with van der Waals surface area (Å²) in [7, 11) is 1.86. The van der Waals surface area contributed by atoms with Gasteiger partial charge in [-0.1, -0.05) is 53.2 Å². The maximum Gasteiger partial charge on any atom is 0.258 e. The molecule has 2 N–H and O–H groups in total. The van der Waals surface area contributed by atoms with E-state index < -0.39 is 6.23 Å². The van der Waals surface area contributed by atoms with Crippen LogP contribution < -0.4 is 15.1 Å². The maximum absolute atomic E-state index is 13.4. The molecule has 0 radical (unpaired) electrons. The SMILES string of the molecule is Cc1noc(C)c1C(O)Nc1ccc(N2CCN(C3c4ccccc4C(=O)N(C)c4ccccc43)CC2C)c(Cl)c1. The Morgan fingerprint density at radius 1 is 1.02 bits per heavy atom. The van der Waals surface area contributed by atoms with Crippen LogP contribution in [0.1, 0.15) is 57.7 Å². The summed E-state index contributed by atoms with van der Waals surface area (Å²) in [6, 6.07) is 22.1. The van der Waals surface area contributed by atoms with Gasteiger partial charge in [-0.25, -0.2) is 0 Å². The zero-order valence-electron chi connectivity index (χ0n) is 23.6. The molecular weight excluding hydrogens is 538 g/mol. The van der Waals surface area contributed by atoms with Crippen molar-refractivity contribution in [1.82, 2.24) is 10.1 Å². The number of anilines is 3. The Morgan fingerprint density at radius 2 is 1.76 bits per heavy atom. The van der Waals surface area contributed by atoms with Crippen molar-refractivity contribution in [2.24, 2.45) is 0 Å². The van der Waals surface area contributed by atoms with Gasteiger partial charge in [-0.05, 0) is 62.2 Å². The van der Waals surface area contributed by atoms with Crippen LogP contribution >= 0.6 is 11.6 Å². The second-order valence-electron chi connectivity index (χ2n) is 10.9. The third-order valence-electron chi connectivity index (χ3n) is 8.33. The fourth-order valence-electron chi connectivity index (χ4n) is 6.32. The lowest BCUT2D eigenvalue weighted by atomic mass is 9.92. The van der Waals surface area contributed by atoms with Gasteiger partial charge in [-0.2, -0.15) is 0 Å². The Balaban J connectivity index is 1.24. The number of carbonyl (C=O) groups is 1. The highest BCUT2D eigenvalue weighted by Gasteiger charge is 2.37. The molecule has 3 atom stereocenters. The minimum atomic E-state index is -0.957. The molecule has 0 spiro atoms. The highest BCUT2D eigenvalue weighted by Crippen LogP contribution is 2.42. The molecule has 3 heterocycles. The number of aliphatic hydroxyl groups is 1. The second-order valence-corrected chi connectivity index (χ2v) is 11.3. The number of piperazine rings is 1. The van der Waals surface area contributed by atoms with E-state index in [0.717, 1.165) is 47.7 Å². The van der Waals surface area contributed by atoms with Gasteiger partial charge in [0, 0.05) is 49.7 Å². The number of para-hydroxylation sites is 1. The number of amides is 1. The summed E-state index contributed by atoms with van der Waals surface area (Å²) in [6.07, 6.45) is -0.957. The van der Waals surface area contributed by atoms with Crippen LogP contribution in [-0.2, 0) is 0 Å². The molecule has 2 aliphatic heterocycles. The topological polar surface area (TPSA) is 85.1 Å². The Kier molecular flexibility index (Phi) is 7.23. The molecule has 3 aromatic carbocycles. The van der Waals surface area contributed by atoms with E-state index in [2.05, 4.69) is 45.4 Å². The molecule has 0 aliphatic carbocycles. The van der Waals surface area contributed by atoms with Crippen LogP contribution in [0, 0.1) is 13.8 Å². The van der Waals surface area contributed by atoms with Gasteiger partial charge in [0.25, 0.3) is 5.91 Å². The number of nitrogens with one attached hydrogen (secondary N) is 1. The smallest absolute Gasteiger partial charge is 0.258 e. The first-order chi connectivity index (χ1) is 19.7. The van der Waals surface area contributed by atoms with Gasteiger partial charge in [0.1, 0.15) is 5.76 Å². The second kappa shape index (κ2) is 10.9. The molecule has 3 unspecified atom stereocenters. The lowest BCUT2D eigenvalue weighted by Gasteiger charge is -2.45. The van der Waals surface area contributed by atoms with E-state index in [9.17, 15) is 9.90 Å². The molecule has 212 valence electrons. The molecule has 0 bridgehead atoms. The summed E-state index contributed by atoms with van der Waals surface area (Å²) in [5.74, 6) is 0.592. The van der Waals surface area contributed by atoms with Gasteiger partial charge in [-0.3, -0.25) is 9.69 Å². The van der Waals surface area contributed by atoms with E-state index in [1.807, 2.05) is 55.6 Å². The molecule has 41 heavy (non-hydrogen) atoms. The Hall–Kier alpha value is -3.85. The van der Waals surface area contributed by atoms with Gasteiger partial charge < -0.3 is 24.7 Å². The average Bonchev–Trinajstić information content (AvgIpc) is 3.27. The number of hydrogen-bond acceptors (Lipinski definition) is 7. The molecule has 1 fully saturated rings. The summed E-state index contributed by atoms with van der Waals surface area (Å²) in [5, 5.41) is 18.4. The van der Waals surface area contributed by atoms with Gasteiger partial charge in [0.05, 0.1) is 28.0 Å². The van der Waals surface area contributed by atoms with Crippen molar-refractivity contribution in [3.05, 3.63) is 105 Å². The number of aryl methyl sites for hydroxylation is 2. The standard InChI is InChI=1S/C32H34ClN5O3/c1-19-18-37(30-23-9-5-6-10-24(23)32(40)36(4)27-12-8-7-11-25(27)30)15-16-38(19)28-14-13-22(17-26(28)33)34-31(39)29-20(2)35-41-21(29)3/h5-14,17,19,30-31,34,39H,15-16,18H2,1-4H3. The van der Waals surface area contributed by atoms with Gasteiger partial charge in [0.15, 0.2) is 6.23 Å². The normalized spacial score (nSPS) is 19.9. The number of nitrogens with zero attached hydrogens (tertiary/aromatic N) is 4. The van der Waals surface area contributed by atoms with E-state index in [4.69, 9.17) is 16.1 Å². The van der Waals surface area contributed by atoms with Crippen LogP contribution in [0.4, 0.5) is 17.1 Å². The van der Waals surface area contributed by atoms with Gasteiger partial charge >= 0.3 is 0 Å². The lowest BCUT2D eigenvalue weighted by Crippen LogP contribution is -2.53. The number of halogens is 1. The van der Waals surface area contributed by atoms with E-state index in [-0.39, 0.29) is 18.0 Å². The lowest BCUT2D eigenvalue weighted by molar-refractivity contribution is 0.0992. The van der Waals surface area contributed by atoms with Gasteiger partial charge in [-0.15, -0.1) is 0 Å². The molecule has 1 aromatic heterocycles. The first-order valence-electron chi connectivity index (χ1n) is 13.9. The first-order valence-corrected chi connectivity index (χ1v) is 14.3. The number of benzene rings is 3. The predicted molar refractivity (Wildman–Crippen MR) is 162 cm³/mol. The van der Waals surface area contributed by atoms with Crippen LogP contribution in [0.15, 0.2) is 71.3 Å². The van der Waals surface area contributed by atoms with Crippen molar-refractivity contribution < 1.29 is 14.4 Å². The van der Waals surface area contributed by atoms with Gasteiger partial charge in [0.2, 0.25) is 0 Å². The summed E-state index contributed by atoms with van der Waals surface area (Å²) in [5.41, 5.74) is 6.80. The fraction of sp³-hybridized carbons (Fsp3) is 0.312. The monoisotopic (exact) mass is 571 g/mol. The molecule has 9 heteroatoms. The number of carbonyl (C=O) groups excluding carboxylic acids is 1. The number of fused-ring (bicyclic) bond motifs is 2. The molecular formula is C32H34ClN5O3. The zero-order valence-corrected chi connectivity index (χ0v) is 24.4. The number of hydrogen-bond donors (Lipinski definition) is 2. The zero-order chi connectivity index (χ0) is 28.8. The van der Waals surface area contributed by atoms with Crippen LogP contribution in [-0.4, -0.2) is 53.8 Å². The minimum absolute atomic E-state index is 0.0159. The Bertz CT molecular complexity index is 1580. The molecule has 1 saturated heterocycles. The predicted octanol–water partition coefficient (Wildman–Crippen LogP) is 5.94. The maximum atomic E-state index is 13.4. The molecule has 4 aromatic rings. The quantitative estimate of drug-likeness (QED) is 0.287. The van der Waals surface area contributed by atoms with Crippen LogP contribution in [0.5, 0.6) is 0 Å². The van der Waals surface area contributed by atoms with Crippen molar-refractivity contribution in [3.8, 4) is 0 Å². The van der Waals surface area contributed by atoms with Crippen molar-refractivity contribution in [3.63, 3.8) is 0 Å². The number of rotatable bonds is 5. The molecule has 0 saturated carbocycles. The van der Waals surface area contributed by atoms with Crippen molar-refractivity contribution in [2.75, 3.05) is 41.8 Å². The molecule has 6 rings (SSSR count). The van der Waals surface area contributed by atoms with E-state index in [0.29, 0.717) is 27.7 Å². The number of aliphatic hydroxyl groups excluding tert-OH is 1. The molecule has 8 nitrogen and oxygen atoms in total. The Labute approximate surface area is 245 Å². The molecule has 1 amide bonds. The summed E-state index contributed by atoms with van der Waals surface area (Å²) in [4.78, 5) is 20.0. The fourth-order valence-corrected chi connectivity index (χ4v) is 6.61. The van der Waals surface area contributed by atoms with Crippen LogP contribution in [0.3, 0.4) is 0 Å². The van der Waals surface area contributed by atoms with Crippen molar-refractivity contribution in [2.45, 2.75) is 39.1 Å². The third kappa shape index (κ3) is 4.86. The summed E-state index contributed by atoms with van der Waals surface area (Å²) < 4.78 is 5.19. The largest absolute Gasteiger partial charge is 0.369 e. The molecule has 2 aliphatic rings. The van der Waals surface area contributed by atoms with Crippen molar-refractivity contribution >= 4 is 34.6 Å². The summed E-state index contributed by atoms with van der Waals surface area (Å²) in [6.45, 7) is 8.17. The first kappa shape index (κ1) is 27.3. The Morgan fingerprint density at radius 3 is 2.46 bits per heavy atom. The number of aromatic nitrogens is 1. The van der Waals surface area contributed by atoms with Crippen LogP contribution in [0.2, 0.25) is 5.02 Å². The summed E-state index contributed by atoms with van der Waals surface area (Å²) >= 11 is 6.82. The van der Waals surface area contributed by atoms with E-state index in [1.165, 1.54) is 0 Å². The highest BCUT2D eigenvalue weighted by molar-refractivity contribution is 6.33. The van der Waals surface area contributed by atoms with E-state index in [1.54, 1.807) is 18.7 Å². The average molecular weight is 572 g/mol. The highest BCUT2D eigenvalue weighted by atomic mass is 35.5. The van der Waals surface area contributed by atoms with Crippen molar-refractivity contribution in [1.29, 1.82) is 0 Å².